The van der Waals surface area contributed by atoms with Crippen LogP contribution in [0.3, 0.4) is 0 Å². The summed E-state index contributed by atoms with van der Waals surface area (Å²) in [6.07, 6.45) is 0. The molecule has 1 aliphatic heterocycles. The summed E-state index contributed by atoms with van der Waals surface area (Å²) < 4.78 is 0. The van der Waals surface area contributed by atoms with Crippen LogP contribution in [-0.4, -0.2) is 26.8 Å². The van der Waals surface area contributed by atoms with E-state index in [9.17, 15) is 25.5 Å². The van der Waals surface area contributed by atoms with Crippen LogP contribution in [0.4, 0.5) is 5.69 Å². The van der Waals surface area contributed by atoms with Crippen molar-refractivity contribution in [3.8, 4) is 0 Å². The Bertz CT molecular complexity index is 696. The van der Waals surface area contributed by atoms with Gasteiger partial charge in [0, 0.05) is 17.0 Å². The SMILES string of the molecule is CC1=C(C(=O)[O-])C(c2cccc(N([O-])O)c2)C(N(O)O)=C(C)N1. The lowest BCUT2D eigenvalue weighted by molar-refractivity contribution is -0.300. The third kappa shape index (κ3) is 3.12. The molecule has 0 spiro atoms. The summed E-state index contributed by atoms with van der Waals surface area (Å²) in [6, 6.07) is 5.49. The quantitative estimate of drug-likeness (QED) is 0.579. The molecule has 1 unspecified atom stereocenters. The van der Waals surface area contributed by atoms with Gasteiger partial charge in [0.15, 0.2) is 0 Å². The zero-order chi connectivity index (χ0) is 17.3. The number of carbonyl (C=O) groups is 1. The molecule has 0 radical (unpaired) electrons. The number of hydrogen-bond acceptors (Lipinski definition) is 9. The van der Waals surface area contributed by atoms with Crippen molar-refractivity contribution in [1.82, 2.24) is 10.5 Å². The van der Waals surface area contributed by atoms with Gasteiger partial charge in [-0.05, 0) is 31.5 Å². The van der Waals surface area contributed by atoms with E-state index in [2.05, 4.69) is 5.32 Å². The van der Waals surface area contributed by atoms with Gasteiger partial charge in [-0.1, -0.05) is 12.1 Å². The number of nitrogens with zero attached hydrogens (tertiary/aromatic N) is 2. The number of hydrogen-bond donors (Lipinski definition) is 4. The smallest absolute Gasteiger partial charge is 0.102 e. The second kappa shape index (κ2) is 6.26. The van der Waals surface area contributed by atoms with Gasteiger partial charge in [-0.3, -0.25) is 15.6 Å². The molecule has 9 nitrogen and oxygen atoms in total. The number of anilines is 1. The first-order valence-electron chi connectivity index (χ1n) is 6.58. The number of carbonyl (C=O) groups excluding carboxylic acids is 1. The van der Waals surface area contributed by atoms with Gasteiger partial charge < -0.3 is 25.7 Å². The maximum Gasteiger partial charge on any atom is 0.102 e. The number of rotatable bonds is 4. The van der Waals surface area contributed by atoms with Crippen LogP contribution in [0, 0.1) is 5.21 Å². The lowest BCUT2D eigenvalue weighted by Gasteiger charge is -2.34. The molecule has 2 rings (SSSR count). The van der Waals surface area contributed by atoms with Crippen molar-refractivity contribution in [3.05, 3.63) is 57.7 Å². The van der Waals surface area contributed by atoms with Gasteiger partial charge in [0.1, 0.15) is 5.70 Å². The molecule has 0 bridgehead atoms. The standard InChI is InChI=1S/C14H16N3O6/c1-7-11(14(18)19)12(13(17(22)23)8(2)15-7)9-4-3-5-10(6-9)16(20)21/h3-6,12,15,20,22-23H,1-2H3,(H,18,19)/q-1/p-1. The zero-order valence-electron chi connectivity index (χ0n) is 12.3. The Balaban J connectivity index is 2.67. The van der Waals surface area contributed by atoms with Gasteiger partial charge >= 0.3 is 0 Å². The van der Waals surface area contributed by atoms with E-state index in [-0.39, 0.29) is 38.7 Å². The number of hydroxylamine groups is 2. The third-order valence-corrected chi connectivity index (χ3v) is 3.59. The molecule has 1 aromatic rings. The first-order valence-corrected chi connectivity index (χ1v) is 6.58. The van der Waals surface area contributed by atoms with Crippen LogP contribution in [0.2, 0.25) is 0 Å². The Morgan fingerprint density at radius 1 is 1.22 bits per heavy atom. The Morgan fingerprint density at radius 3 is 2.39 bits per heavy atom. The third-order valence-electron chi connectivity index (χ3n) is 3.59. The van der Waals surface area contributed by atoms with E-state index in [1.54, 1.807) is 0 Å². The topological polar surface area (TPSA) is 142 Å². The number of carboxylic acids is 1. The molecule has 1 heterocycles. The van der Waals surface area contributed by atoms with E-state index in [0.717, 1.165) is 0 Å². The number of allylic oxidation sites excluding steroid dienone is 3. The molecule has 0 saturated heterocycles. The highest BCUT2D eigenvalue weighted by atomic mass is 16.8. The summed E-state index contributed by atoms with van der Waals surface area (Å²) in [5, 5.41) is 52.7. The summed E-state index contributed by atoms with van der Waals surface area (Å²) in [6.45, 7) is 3.04. The highest BCUT2D eigenvalue weighted by Gasteiger charge is 2.32. The average molecular weight is 321 g/mol. The minimum atomic E-state index is -1.50. The van der Waals surface area contributed by atoms with Crippen LogP contribution in [0.25, 0.3) is 0 Å². The van der Waals surface area contributed by atoms with Crippen molar-refractivity contribution in [3.63, 3.8) is 0 Å². The monoisotopic (exact) mass is 321 g/mol. The van der Waals surface area contributed by atoms with E-state index in [0.29, 0.717) is 5.70 Å². The van der Waals surface area contributed by atoms with Crippen LogP contribution in [0.5, 0.6) is 0 Å². The van der Waals surface area contributed by atoms with E-state index >= 15 is 0 Å². The van der Waals surface area contributed by atoms with Gasteiger partial charge in [-0.25, -0.2) is 0 Å². The normalized spacial score (nSPS) is 17.9. The average Bonchev–Trinajstić information content (AvgIpc) is 2.45. The zero-order valence-corrected chi connectivity index (χ0v) is 12.3. The van der Waals surface area contributed by atoms with Crippen LogP contribution in [0.1, 0.15) is 25.3 Å². The van der Waals surface area contributed by atoms with E-state index in [1.807, 2.05) is 0 Å². The fraction of sp³-hybridized carbons (Fsp3) is 0.214. The first kappa shape index (κ1) is 16.8. The molecule has 0 aromatic heterocycles. The molecule has 23 heavy (non-hydrogen) atoms. The molecule has 1 atom stereocenters. The number of carboxylic acid groups (broad SMARTS) is 1. The number of dihydropyridines is 1. The molecule has 0 amide bonds. The maximum absolute atomic E-state index is 11.5. The molecular weight excluding hydrogens is 306 g/mol. The molecular formula is C14H15N3O6-2. The number of aliphatic carboxylic acids is 1. The van der Waals surface area contributed by atoms with Crippen molar-refractivity contribution < 1.29 is 25.5 Å². The predicted molar refractivity (Wildman–Crippen MR) is 75.8 cm³/mol. The minimum Gasteiger partial charge on any atom is -0.733 e. The molecule has 4 N–H and O–H groups in total. The Labute approximate surface area is 131 Å². The van der Waals surface area contributed by atoms with E-state index < -0.39 is 11.9 Å². The lowest BCUT2D eigenvalue weighted by atomic mass is 9.84. The second-order valence-corrected chi connectivity index (χ2v) is 5.05. The van der Waals surface area contributed by atoms with E-state index in [4.69, 9.17) is 5.21 Å². The van der Waals surface area contributed by atoms with Gasteiger partial charge in [-0.2, -0.15) is 0 Å². The number of nitrogens with one attached hydrogen (secondary N) is 1. The van der Waals surface area contributed by atoms with Gasteiger partial charge in [0.25, 0.3) is 0 Å². The summed E-state index contributed by atoms with van der Waals surface area (Å²) in [7, 11) is 0. The molecule has 1 aromatic carbocycles. The predicted octanol–water partition coefficient (Wildman–Crippen LogP) is 0.403. The van der Waals surface area contributed by atoms with Gasteiger partial charge in [-0.15, -0.1) is 5.23 Å². The summed E-state index contributed by atoms with van der Waals surface area (Å²) in [5.74, 6) is -2.60. The summed E-state index contributed by atoms with van der Waals surface area (Å²) >= 11 is 0. The molecule has 124 valence electrons. The summed E-state index contributed by atoms with van der Waals surface area (Å²) in [4.78, 5) is 11.5. The van der Waals surface area contributed by atoms with Crippen LogP contribution in [0.15, 0.2) is 46.9 Å². The minimum absolute atomic E-state index is 0.129. The second-order valence-electron chi connectivity index (χ2n) is 5.05. The van der Waals surface area contributed by atoms with Crippen molar-refractivity contribution >= 4 is 11.7 Å². The number of benzene rings is 1. The van der Waals surface area contributed by atoms with Crippen molar-refractivity contribution in [2.24, 2.45) is 0 Å². The highest BCUT2D eigenvalue weighted by molar-refractivity contribution is 5.89. The summed E-state index contributed by atoms with van der Waals surface area (Å²) in [5.41, 5.74) is 0.367. The van der Waals surface area contributed by atoms with Gasteiger partial charge in [0.2, 0.25) is 0 Å². The molecule has 0 aliphatic carbocycles. The van der Waals surface area contributed by atoms with Crippen molar-refractivity contribution in [2.45, 2.75) is 19.8 Å². The van der Waals surface area contributed by atoms with Crippen molar-refractivity contribution in [2.75, 3.05) is 5.23 Å². The van der Waals surface area contributed by atoms with Crippen LogP contribution < -0.4 is 15.6 Å². The molecule has 0 saturated carbocycles. The van der Waals surface area contributed by atoms with Gasteiger partial charge in [0.05, 0.1) is 17.6 Å². The maximum atomic E-state index is 11.5. The molecule has 9 heteroatoms. The Morgan fingerprint density at radius 2 is 1.87 bits per heavy atom. The Hall–Kier alpha value is -2.59. The Kier molecular flexibility index (Phi) is 4.57. The largest absolute Gasteiger partial charge is 0.733 e. The van der Waals surface area contributed by atoms with E-state index in [1.165, 1.54) is 38.1 Å². The molecule has 1 aliphatic rings. The van der Waals surface area contributed by atoms with Crippen LogP contribution >= 0.6 is 0 Å². The highest BCUT2D eigenvalue weighted by Crippen LogP contribution is 2.39. The molecule has 0 fully saturated rings. The van der Waals surface area contributed by atoms with Crippen molar-refractivity contribution in [1.29, 1.82) is 0 Å². The fourth-order valence-electron chi connectivity index (χ4n) is 2.67. The first-order chi connectivity index (χ1) is 10.7. The van der Waals surface area contributed by atoms with Crippen LogP contribution in [-0.2, 0) is 4.79 Å². The lowest BCUT2D eigenvalue weighted by Crippen LogP contribution is -2.38. The fourth-order valence-corrected chi connectivity index (χ4v) is 2.67.